The van der Waals surface area contributed by atoms with Crippen molar-refractivity contribution in [2.75, 3.05) is 5.32 Å². The van der Waals surface area contributed by atoms with Crippen LogP contribution in [0.1, 0.15) is 43.7 Å². The van der Waals surface area contributed by atoms with E-state index in [2.05, 4.69) is 48.3 Å². The molecular weight excluding hydrogens is 319 g/mol. The monoisotopic (exact) mass is 342 g/mol. The van der Waals surface area contributed by atoms with Crippen LogP contribution in [0.3, 0.4) is 0 Å². The summed E-state index contributed by atoms with van der Waals surface area (Å²) in [5.74, 6) is 0.249. The second-order valence-electron chi connectivity index (χ2n) is 6.67. The molecule has 0 unspecified atom stereocenters. The molecule has 24 heavy (non-hydrogen) atoms. The molecule has 0 aromatic heterocycles. The molecule has 1 N–H and O–H groups in total. The van der Waals surface area contributed by atoms with Crippen LogP contribution in [0.15, 0.2) is 48.5 Å². The SMILES string of the molecule is CC(C)c1ccc(CN(C(=S)Nc2ccccc2F)C2CC2)cc1. The lowest BCUT2D eigenvalue weighted by atomic mass is 10.0. The van der Waals surface area contributed by atoms with Crippen LogP contribution in [0.2, 0.25) is 0 Å². The van der Waals surface area contributed by atoms with Gasteiger partial charge in [-0.15, -0.1) is 0 Å². The molecule has 0 aliphatic heterocycles. The van der Waals surface area contributed by atoms with Crippen LogP contribution in [0.5, 0.6) is 0 Å². The van der Waals surface area contributed by atoms with Crippen molar-refractivity contribution in [3.8, 4) is 0 Å². The molecule has 0 spiro atoms. The first-order chi connectivity index (χ1) is 11.5. The molecule has 2 aromatic carbocycles. The molecule has 0 radical (unpaired) electrons. The minimum absolute atomic E-state index is 0.281. The number of rotatable bonds is 5. The molecule has 0 bridgehead atoms. The van der Waals surface area contributed by atoms with E-state index in [1.165, 1.54) is 17.2 Å². The number of para-hydroxylation sites is 1. The summed E-state index contributed by atoms with van der Waals surface area (Å²) in [6.07, 6.45) is 2.28. The summed E-state index contributed by atoms with van der Waals surface area (Å²) in [6, 6.07) is 15.8. The topological polar surface area (TPSA) is 15.3 Å². The average Bonchev–Trinajstić information content (AvgIpc) is 3.40. The number of benzene rings is 2. The van der Waals surface area contributed by atoms with Crippen molar-refractivity contribution in [1.29, 1.82) is 0 Å². The Labute approximate surface area is 148 Å². The Bertz CT molecular complexity index is 708. The van der Waals surface area contributed by atoms with Gasteiger partial charge in [0.25, 0.3) is 0 Å². The lowest BCUT2D eigenvalue weighted by Crippen LogP contribution is -2.36. The van der Waals surface area contributed by atoms with E-state index in [-0.39, 0.29) is 5.82 Å². The maximum Gasteiger partial charge on any atom is 0.174 e. The quantitative estimate of drug-likeness (QED) is 0.741. The van der Waals surface area contributed by atoms with E-state index in [9.17, 15) is 4.39 Å². The fourth-order valence-corrected chi connectivity index (χ4v) is 3.03. The Kier molecular flexibility index (Phi) is 5.14. The van der Waals surface area contributed by atoms with Gasteiger partial charge in [0.15, 0.2) is 5.11 Å². The van der Waals surface area contributed by atoms with Gasteiger partial charge >= 0.3 is 0 Å². The van der Waals surface area contributed by atoms with Gasteiger partial charge in [-0.3, -0.25) is 0 Å². The highest BCUT2D eigenvalue weighted by Gasteiger charge is 2.31. The average molecular weight is 342 g/mol. The van der Waals surface area contributed by atoms with Crippen LogP contribution in [-0.2, 0) is 6.54 Å². The Balaban J connectivity index is 1.70. The Hall–Kier alpha value is -1.94. The third kappa shape index (κ3) is 4.12. The van der Waals surface area contributed by atoms with Gasteiger partial charge in [-0.25, -0.2) is 4.39 Å². The minimum Gasteiger partial charge on any atom is -0.342 e. The molecule has 1 saturated carbocycles. The summed E-state index contributed by atoms with van der Waals surface area (Å²) in [4.78, 5) is 2.17. The largest absolute Gasteiger partial charge is 0.342 e. The number of nitrogens with zero attached hydrogens (tertiary/aromatic N) is 1. The smallest absolute Gasteiger partial charge is 0.174 e. The second kappa shape index (κ2) is 7.31. The van der Waals surface area contributed by atoms with Crippen molar-refractivity contribution in [3.63, 3.8) is 0 Å². The van der Waals surface area contributed by atoms with E-state index >= 15 is 0 Å². The maximum atomic E-state index is 13.8. The fraction of sp³-hybridized carbons (Fsp3) is 0.350. The minimum atomic E-state index is -0.281. The van der Waals surface area contributed by atoms with Crippen molar-refractivity contribution >= 4 is 23.0 Å². The molecule has 1 aliphatic rings. The zero-order chi connectivity index (χ0) is 17.1. The van der Waals surface area contributed by atoms with Crippen LogP contribution >= 0.6 is 12.2 Å². The molecule has 2 nitrogen and oxygen atoms in total. The number of nitrogens with one attached hydrogen (secondary N) is 1. The van der Waals surface area contributed by atoms with E-state index in [0.717, 1.165) is 19.4 Å². The van der Waals surface area contributed by atoms with Crippen LogP contribution in [0.25, 0.3) is 0 Å². The number of hydrogen-bond donors (Lipinski definition) is 1. The molecule has 4 heteroatoms. The normalized spacial score (nSPS) is 13.8. The van der Waals surface area contributed by atoms with E-state index in [1.807, 2.05) is 0 Å². The molecule has 126 valence electrons. The van der Waals surface area contributed by atoms with Gasteiger partial charge in [-0.2, -0.15) is 0 Å². The first-order valence-electron chi connectivity index (χ1n) is 8.45. The molecule has 2 aromatic rings. The number of anilines is 1. The van der Waals surface area contributed by atoms with Crippen LogP contribution in [0, 0.1) is 5.82 Å². The molecule has 3 rings (SSSR count). The summed E-state index contributed by atoms with van der Waals surface area (Å²) in [5, 5.41) is 3.66. The molecular formula is C20H23FN2S. The highest BCUT2D eigenvalue weighted by Crippen LogP contribution is 2.29. The molecule has 0 heterocycles. The number of hydrogen-bond acceptors (Lipinski definition) is 1. The second-order valence-corrected chi connectivity index (χ2v) is 7.05. The predicted molar refractivity (Wildman–Crippen MR) is 102 cm³/mol. The first kappa shape index (κ1) is 16.9. The number of halogens is 1. The molecule has 1 aliphatic carbocycles. The Morgan fingerprint density at radius 1 is 1.17 bits per heavy atom. The van der Waals surface area contributed by atoms with Crippen molar-refractivity contribution in [2.24, 2.45) is 0 Å². The van der Waals surface area contributed by atoms with Gasteiger partial charge in [-0.05, 0) is 54.2 Å². The van der Waals surface area contributed by atoms with Gasteiger partial charge in [0.1, 0.15) is 5.82 Å². The Morgan fingerprint density at radius 3 is 2.42 bits per heavy atom. The summed E-state index contributed by atoms with van der Waals surface area (Å²) >= 11 is 5.55. The third-order valence-electron chi connectivity index (χ3n) is 4.36. The standard InChI is InChI=1S/C20H23FN2S/c1-14(2)16-9-7-15(8-10-16)13-23(17-11-12-17)20(24)22-19-6-4-3-5-18(19)21/h3-10,14,17H,11-13H2,1-2H3,(H,22,24). The van der Waals surface area contributed by atoms with Crippen molar-refractivity contribution in [2.45, 2.75) is 45.2 Å². The molecule has 1 fully saturated rings. The summed E-state index contributed by atoms with van der Waals surface area (Å²) in [7, 11) is 0. The van der Waals surface area contributed by atoms with Crippen LogP contribution in [-0.4, -0.2) is 16.1 Å². The lowest BCUT2D eigenvalue weighted by molar-refractivity contribution is 0.409. The van der Waals surface area contributed by atoms with Crippen molar-refractivity contribution < 1.29 is 4.39 Å². The fourth-order valence-electron chi connectivity index (χ4n) is 2.71. The van der Waals surface area contributed by atoms with Crippen LogP contribution in [0.4, 0.5) is 10.1 Å². The van der Waals surface area contributed by atoms with Crippen molar-refractivity contribution in [3.05, 3.63) is 65.5 Å². The molecule has 0 saturated heterocycles. The zero-order valence-electron chi connectivity index (χ0n) is 14.1. The zero-order valence-corrected chi connectivity index (χ0v) is 14.9. The van der Waals surface area contributed by atoms with Gasteiger partial charge in [0.05, 0.1) is 5.69 Å². The summed E-state index contributed by atoms with van der Waals surface area (Å²) < 4.78 is 13.8. The van der Waals surface area contributed by atoms with Crippen molar-refractivity contribution in [1.82, 2.24) is 4.90 Å². The predicted octanol–water partition coefficient (Wildman–Crippen LogP) is 5.31. The molecule has 0 amide bonds. The summed E-state index contributed by atoms with van der Waals surface area (Å²) in [6.45, 7) is 5.14. The van der Waals surface area contributed by atoms with E-state index < -0.39 is 0 Å². The van der Waals surface area contributed by atoms with E-state index in [0.29, 0.717) is 22.8 Å². The van der Waals surface area contributed by atoms with Gasteiger partial charge in [0, 0.05) is 12.6 Å². The highest BCUT2D eigenvalue weighted by molar-refractivity contribution is 7.80. The lowest BCUT2D eigenvalue weighted by Gasteiger charge is -2.26. The maximum absolute atomic E-state index is 13.8. The van der Waals surface area contributed by atoms with Gasteiger partial charge in [-0.1, -0.05) is 50.2 Å². The molecule has 0 atom stereocenters. The summed E-state index contributed by atoms with van der Waals surface area (Å²) in [5.41, 5.74) is 3.00. The third-order valence-corrected chi connectivity index (χ3v) is 4.70. The first-order valence-corrected chi connectivity index (χ1v) is 8.86. The van der Waals surface area contributed by atoms with Gasteiger partial charge in [0.2, 0.25) is 0 Å². The van der Waals surface area contributed by atoms with E-state index in [4.69, 9.17) is 12.2 Å². The van der Waals surface area contributed by atoms with Crippen LogP contribution < -0.4 is 5.32 Å². The van der Waals surface area contributed by atoms with E-state index in [1.54, 1.807) is 18.2 Å². The van der Waals surface area contributed by atoms with Gasteiger partial charge < -0.3 is 10.2 Å². The Morgan fingerprint density at radius 2 is 1.83 bits per heavy atom. The number of thiocarbonyl (C=S) groups is 1. The highest BCUT2D eigenvalue weighted by atomic mass is 32.1.